The summed E-state index contributed by atoms with van der Waals surface area (Å²) >= 11 is 0. The van der Waals surface area contributed by atoms with E-state index in [9.17, 15) is 9.59 Å². The average Bonchev–Trinajstić information content (AvgIpc) is 2.26. The van der Waals surface area contributed by atoms with Crippen molar-refractivity contribution in [1.29, 1.82) is 0 Å². The van der Waals surface area contributed by atoms with E-state index >= 15 is 0 Å². The lowest BCUT2D eigenvalue weighted by molar-refractivity contribution is -0.139. The molecule has 1 rings (SSSR count). The van der Waals surface area contributed by atoms with Crippen LogP contribution in [0, 0.1) is 6.92 Å². The second kappa shape index (κ2) is 9.39. The van der Waals surface area contributed by atoms with Gasteiger partial charge in [0.1, 0.15) is 0 Å². The number of hydrogen-bond acceptors (Lipinski definition) is 2. The predicted molar refractivity (Wildman–Crippen MR) is 64.9 cm³/mol. The van der Waals surface area contributed by atoms with Crippen LogP contribution >= 0.6 is 0 Å². The first-order chi connectivity index (χ1) is 8.02. The van der Waals surface area contributed by atoms with E-state index in [0.29, 0.717) is 12.8 Å². The Hall–Kier alpha value is -1.84. The molecule has 0 radical (unpaired) electrons. The smallest absolute Gasteiger partial charge is 0.303 e. The summed E-state index contributed by atoms with van der Waals surface area (Å²) in [5.74, 6) is -1.74. The predicted octanol–water partition coefficient (Wildman–Crippen LogP) is 2.71. The summed E-state index contributed by atoms with van der Waals surface area (Å²) in [4.78, 5) is 19.8. The number of carbonyl (C=O) groups is 2. The number of unbranched alkanes of at least 4 members (excludes halogenated alkanes) is 1. The van der Waals surface area contributed by atoms with Gasteiger partial charge in [-0.25, -0.2) is 0 Å². The molecular weight excluding hydrogens is 220 g/mol. The van der Waals surface area contributed by atoms with Crippen molar-refractivity contribution in [3.8, 4) is 0 Å². The van der Waals surface area contributed by atoms with Gasteiger partial charge < -0.3 is 10.2 Å². The molecule has 2 N–H and O–H groups in total. The number of aryl methyl sites for hydroxylation is 1. The zero-order chi connectivity index (χ0) is 13.1. The Morgan fingerprint density at radius 2 is 1.35 bits per heavy atom. The highest BCUT2D eigenvalue weighted by atomic mass is 16.4. The van der Waals surface area contributed by atoms with Crippen LogP contribution in [0.15, 0.2) is 30.3 Å². The van der Waals surface area contributed by atoms with Crippen LogP contribution in [-0.2, 0) is 9.59 Å². The van der Waals surface area contributed by atoms with Crippen molar-refractivity contribution in [3.63, 3.8) is 0 Å². The third-order valence-corrected chi connectivity index (χ3v) is 1.97. The lowest BCUT2D eigenvalue weighted by Crippen LogP contribution is -1.97. The average molecular weight is 238 g/mol. The standard InChI is InChI=1S/C7H8.C6H10O4/c1-7-5-3-2-4-6-7;7-5(8)3-1-2-4-6(9)10/h2-6H,1H3;1-4H2,(H,7,8)(H,9,10). The van der Waals surface area contributed by atoms with Crippen LogP contribution in [0.3, 0.4) is 0 Å². The van der Waals surface area contributed by atoms with Crippen LogP contribution in [-0.4, -0.2) is 22.2 Å². The first-order valence-corrected chi connectivity index (χ1v) is 5.47. The molecule has 0 bridgehead atoms. The van der Waals surface area contributed by atoms with Crippen molar-refractivity contribution in [2.75, 3.05) is 0 Å². The van der Waals surface area contributed by atoms with Crippen molar-refractivity contribution < 1.29 is 19.8 Å². The first-order valence-electron chi connectivity index (χ1n) is 5.47. The Kier molecular flexibility index (Phi) is 8.37. The number of carboxylic acid groups (broad SMARTS) is 2. The fourth-order valence-corrected chi connectivity index (χ4v) is 1.09. The zero-order valence-corrected chi connectivity index (χ0v) is 9.93. The van der Waals surface area contributed by atoms with E-state index in [1.165, 1.54) is 5.56 Å². The lowest BCUT2D eigenvalue weighted by atomic mass is 10.2. The Bertz CT molecular complexity index is 317. The van der Waals surface area contributed by atoms with Crippen molar-refractivity contribution >= 4 is 11.9 Å². The van der Waals surface area contributed by atoms with Gasteiger partial charge in [-0.2, -0.15) is 0 Å². The molecule has 0 aliphatic heterocycles. The van der Waals surface area contributed by atoms with Gasteiger partial charge in [-0.1, -0.05) is 35.9 Å². The third-order valence-electron chi connectivity index (χ3n) is 1.97. The molecule has 0 amide bonds. The quantitative estimate of drug-likeness (QED) is 0.773. The molecule has 1 aromatic rings. The van der Waals surface area contributed by atoms with Crippen LogP contribution in [0.5, 0.6) is 0 Å². The summed E-state index contributed by atoms with van der Waals surface area (Å²) in [6.45, 7) is 2.08. The second-order valence-corrected chi connectivity index (χ2v) is 3.65. The maximum absolute atomic E-state index is 9.90. The normalized spacial score (nSPS) is 9.00. The van der Waals surface area contributed by atoms with E-state index in [2.05, 4.69) is 19.1 Å². The van der Waals surface area contributed by atoms with Crippen LogP contribution < -0.4 is 0 Å². The van der Waals surface area contributed by atoms with Crippen molar-refractivity contribution in [3.05, 3.63) is 35.9 Å². The second-order valence-electron chi connectivity index (χ2n) is 3.65. The largest absolute Gasteiger partial charge is 0.481 e. The number of rotatable bonds is 5. The fraction of sp³-hybridized carbons (Fsp3) is 0.385. The molecule has 4 heteroatoms. The number of benzene rings is 1. The minimum absolute atomic E-state index is 0.0628. The van der Waals surface area contributed by atoms with Gasteiger partial charge in [0.2, 0.25) is 0 Å². The van der Waals surface area contributed by atoms with E-state index in [1.54, 1.807) is 0 Å². The molecule has 17 heavy (non-hydrogen) atoms. The minimum Gasteiger partial charge on any atom is -0.481 e. The molecule has 0 saturated heterocycles. The van der Waals surface area contributed by atoms with Crippen LogP contribution in [0.25, 0.3) is 0 Å². The monoisotopic (exact) mass is 238 g/mol. The van der Waals surface area contributed by atoms with Crippen LogP contribution in [0.2, 0.25) is 0 Å². The van der Waals surface area contributed by atoms with Crippen molar-refractivity contribution in [1.82, 2.24) is 0 Å². The van der Waals surface area contributed by atoms with Gasteiger partial charge in [-0.05, 0) is 19.8 Å². The molecule has 0 atom stereocenters. The molecule has 0 aliphatic carbocycles. The van der Waals surface area contributed by atoms with E-state index in [-0.39, 0.29) is 12.8 Å². The lowest BCUT2D eigenvalue weighted by Gasteiger charge is -1.92. The molecule has 94 valence electrons. The molecule has 4 nitrogen and oxygen atoms in total. The van der Waals surface area contributed by atoms with Crippen molar-refractivity contribution in [2.24, 2.45) is 0 Å². The Labute approximate surface area is 101 Å². The van der Waals surface area contributed by atoms with Gasteiger partial charge in [-0.3, -0.25) is 9.59 Å². The summed E-state index contributed by atoms with van der Waals surface area (Å²) < 4.78 is 0. The third kappa shape index (κ3) is 12.1. The fourth-order valence-electron chi connectivity index (χ4n) is 1.09. The summed E-state index contributed by atoms with van der Waals surface area (Å²) in [5, 5.41) is 16.3. The first kappa shape index (κ1) is 15.2. The highest BCUT2D eigenvalue weighted by Gasteiger charge is 1.99. The molecule has 0 fully saturated rings. The Balaban J connectivity index is 0.000000318. The molecule has 0 unspecified atom stereocenters. The van der Waals surface area contributed by atoms with Crippen molar-refractivity contribution in [2.45, 2.75) is 32.6 Å². The zero-order valence-electron chi connectivity index (χ0n) is 9.93. The van der Waals surface area contributed by atoms with Gasteiger partial charge in [0.15, 0.2) is 0 Å². The molecule has 1 aromatic carbocycles. The molecule has 0 spiro atoms. The summed E-state index contributed by atoms with van der Waals surface area (Å²) in [7, 11) is 0. The highest BCUT2D eigenvalue weighted by molar-refractivity contribution is 5.67. The topological polar surface area (TPSA) is 74.6 Å². The van der Waals surface area contributed by atoms with Crippen LogP contribution in [0.1, 0.15) is 31.2 Å². The molecule has 0 heterocycles. The maximum atomic E-state index is 9.90. The Morgan fingerprint density at radius 1 is 0.941 bits per heavy atom. The SMILES string of the molecule is Cc1ccccc1.O=C(O)CCCCC(=O)O. The summed E-state index contributed by atoms with van der Waals surface area (Å²) in [6.07, 6.45) is 1.02. The summed E-state index contributed by atoms with van der Waals surface area (Å²) in [5.41, 5.74) is 1.32. The van der Waals surface area contributed by atoms with Gasteiger partial charge >= 0.3 is 11.9 Å². The van der Waals surface area contributed by atoms with Gasteiger partial charge in [-0.15, -0.1) is 0 Å². The van der Waals surface area contributed by atoms with E-state index in [4.69, 9.17) is 10.2 Å². The van der Waals surface area contributed by atoms with Gasteiger partial charge in [0.05, 0.1) is 0 Å². The van der Waals surface area contributed by atoms with Crippen LogP contribution in [0.4, 0.5) is 0 Å². The molecule has 0 aliphatic rings. The highest BCUT2D eigenvalue weighted by Crippen LogP contribution is 1.98. The molecular formula is C13H18O4. The number of hydrogen-bond donors (Lipinski definition) is 2. The minimum atomic E-state index is -0.870. The summed E-state index contributed by atoms with van der Waals surface area (Å²) in [6, 6.07) is 10.3. The maximum Gasteiger partial charge on any atom is 0.303 e. The molecule has 0 saturated carbocycles. The number of carboxylic acids is 2. The Morgan fingerprint density at radius 3 is 1.59 bits per heavy atom. The van der Waals surface area contributed by atoms with Gasteiger partial charge in [0.25, 0.3) is 0 Å². The van der Waals surface area contributed by atoms with Gasteiger partial charge in [0, 0.05) is 12.8 Å². The number of aliphatic carboxylic acids is 2. The van der Waals surface area contributed by atoms with E-state index in [0.717, 1.165) is 0 Å². The molecule has 0 aromatic heterocycles. The van der Waals surface area contributed by atoms with E-state index < -0.39 is 11.9 Å². The van der Waals surface area contributed by atoms with E-state index in [1.807, 2.05) is 18.2 Å².